The van der Waals surface area contributed by atoms with Gasteiger partial charge in [0.05, 0.1) is 0 Å². The summed E-state index contributed by atoms with van der Waals surface area (Å²) in [5.41, 5.74) is 0. The zero-order chi connectivity index (χ0) is 12.0. The zero-order valence-corrected chi connectivity index (χ0v) is 11.1. The average molecular weight is 242 g/mol. The molecule has 0 spiro atoms. The van der Waals surface area contributed by atoms with Crippen LogP contribution in [0.5, 0.6) is 0 Å². The molecule has 0 saturated heterocycles. The van der Waals surface area contributed by atoms with Crippen LogP contribution in [0.4, 0.5) is 5.82 Å². The highest BCUT2D eigenvalue weighted by Crippen LogP contribution is 2.17. The van der Waals surface area contributed by atoms with E-state index in [1.807, 2.05) is 13.0 Å². The van der Waals surface area contributed by atoms with Gasteiger partial charge in [-0.2, -0.15) is 0 Å². The van der Waals surface area contributed by atoms with Crippen LogP contribution in [0.25, 0.3) is 0 Å². The van der Waals surface area contributed by atoms with Gasteiger partial charge in [-0.1, -0.05) is 32.4 Å². The van der Waals surface area contributed by atoms with Gasteiger partial charge < -0.3 is 4.90 Å². The van der Waals surface area contributed by atoms with E-state index in [2.05, 4.69) is 28.7 Å². The molecule has 0 radical (unpaired) electrons. The van der Waals surface area contributed by atoms with Crippen LogP contribution in [0.2, 0.25) is 5.15 Å². The minimum atomic E-state index is 0.541. The van der Waals surface area contributed by atoms with E-state index in [4.69, 9.17) is 11.6 Å². The second-order valence-electron chi connectivity index (χ2n) is 3.81. The average Bonchev–Trinajstić information content (AvgIpc) is 2.28. The number of hydrogen-bond acceptors (Lipinski definition) is 3. The monoisotopic (exact) mass is 241 g/mol. The molecule has 0 unspecified atom stereocenters. The molecule has 4 heteroatoms. The molecule has 90 valence electrons. The van der Waals surface area contributed by atoms with Crippen LogP contribution in [0.15, 0.2) is 6.07 Å². The molecule has 0 amide bonds. The minimum absolute atomic E-state index is 0.541. The summed E-state index contributed by atoms with van der Waals surface area (Å²) in [7, 11) is 0. The van der Waals surface area contributed by atoms with E-state index in [1.165, 1.54) is 0 Å². The molecule has 1 heterocycles. The Balaban J connectivity index is 2.93. The third-order valence-corrected chi connectivity index (χ3v) is 2.55. The number of hydrogen-bond donors (Lipinski definition) is 0. The van der Waals surface area contributed by atoms with E-state index in [0.29, 0.717) is 5.15 Å². The minimum Gasteiger partial charge on any atom is -0.356 e. The molecule has 0 fully saturated rings. The summed E-state index contributed by atoms with van der Waals surface area (Å²) >= 11 is 6.00. The molecule has 3 nitrogen and oxygen atoms in total. The highest BCUT2D eigenvalue weighted by Gasteiger charge is 2.08. The Hall–Kier alpha value is -0.830. The van der Waals surface area contributed by atoms with Crippen LogP contribution in [0.1, 0.15) is 39.4 Å². The number of aryl methyl sites for hydroxylation is 1. The Morgan fingerprint density at radius 1 is 1.12 bits per heavy atom. The summed E-state index contributed by atoms with van der Waals surface area (Å²) in [6, 6.07) is 1.85. The van der Waals surface area contributed by atoms with Crippen molar-refractivity contribution in [1.82, 2.24) is 9.97 Å². The van der Waals surface area contributed by atoms with Crippen LogP contribution in [0.3, 0.4) is 0 Å². The lowest BCUT2D eigenvalue weighted by atomic mass is 10.3. The van der Waals surface area contributed by atoms with E-state index >= 15 is 0 Å². The molecule has 0 aromatic carbocycles. The molecule has 0 aliphatic heterocycles. The van der Waals surface area contributed by atoms with E-state index in [1.54, 1.807) is 0 Å². The molecule has 1 rings (SSSR count). The maximum atomic E-state index is 6.00. The van der Waals surface area contributed by atoms with Crippen molar-refractivity contribution in [1.29, 1.82) is 0 Å². The largest absolute Gasteiger partial charge is 0.356 e. The Labute approximate surface area is 103 Å². The van der Waals surface area contributed by atoms with Crippen molar-refractivity contribution in [2.75, 3.05) is 18.0 Å². The van der Waals surface area contributed by atoms with Gasteiger partial charge in [0.15, 0.2) is 0 Å². The molecule has 0 aliphatic rings. The van der Waals surface area contributed by atoms with E-state index in [9.17, 15) is 0 Å². The predicted octanol–water partition coefficient (Wildman–Crippen LogP) is 3.32. The molecule has 0 saturated carbocycles. The molecule has 0 aliphatic carbocycles. The summed E-state index contributed by atoms with van der Waals surface area (Å²) in [6.07, 6.45) is 3.05. The Bertz CT molecular complexity index is 322. The van der Waals surface area contributed by atoms with Crippen molar-refractivity contribution in [3.63, 3.8) is 0 Å². The molecule has 0 bridgehead atoms. The fraction of sp³-hybridized carbons (Fsp3) is 0.667. The van der Waals surface area contributed by atoms with Gasteiger partial charge in [0, 0.05) is 25.6 Å². The Kier molecular flexibility index (Phi) is 5.53. The first kappa shape index (κ1) is 13.2. The first-order valence-electron chi connectivity index (χ1n) is 5.99. The van der Waals surface area contributed by atoms with Gasteiger partial charge in [-0.3, -0.25) is 0 Å². The molecule has 0 N–H and O–H groups in total. The lowest BCUT2D eigenvalue weighted by molar-refractivity contribution is 0.727. The van der Waals surface area contributed by atoms with Gasteiger partial charge in [-0.25, -0.2) is 9.97 Å². The maximum absolute atomic E-state index is 6.00. The summed E-state index contributed by atoms with van der Waals surface area (Å²) in [6.45, 7) is 8.42. The predicted molar refractivity (Wildman–Crippen MR) is 69.2 cm³/mol. The van der Waals surface area contributed by atoms with Gasteiger partial charge in [0.2, 0.25) is 0 Å². The molecule has 1 aromatic rings. The standard InChI is InChI=1S/C12H20ClN3/c1-4-7-16(8-5-2)12-9-10(13)14-11(6-3)15-12/h9H,4-8H2,1-3H3. The summed E-state index contributed by atoms with van der Waals surface area (Å²) in [5.74, 6) is 1.78. The molecule has 1 aromatic heterocycles. The number of rotatable bonds is 6. The Morgan fingerprint density at radius 3 is 2.25 bits per heavy atom. The SMILES string of the molecule is CCCN(CCC)c1cc(Cl)nc(CC)n1. The summed E-state index contributed by atoms with van der Waals surface area (Å²) < 4.78 is 0. The van der Waals surface area contributed by atoms with E-state index < -0.39 is 0 Å². The maximum Gasteiger partial charge on any atom is 0.134 e. The second kappa shape index (κ2) is 6.69. The van der Waals surface area contributed by atoms with Gasteiger partial charge in [-0.15, -0.1) is 0 Å². The van der Waals surface area contributed by atoms with Crippen molar-refractivity contribution >= 4 is 17.4 Å². The first-order valence-corrected chi connectivity index (χ1v) is 6.37. The van der Waals surface area contributed by atoms with Crippen LogP contribution in [-0.4, -0.2) is 23.1 Å². The third-order valence-electron chi connectivity index (χ3n) is 2.35. The third kappa shape index (κ3) is 3.63. The highest BCUT2D eigenvalue weighted by atomic mass is 35.5. The van der Waals surface area contributed by atoms with Crippen LogP contribution in [0, 0.1) is 0 Å². The van der Waals surface area contributed by atoms with Gasteiger partial charge in [-0.05, 0) is 12.8 Å². The zero-order valence-electron chi connectivity index (χ0n) is 10.3. The number of aromatic nitrogens is 2. The van der Waals surface area contributed by atoms with Crippen molar-refractivity contribution < 1.29 is 0 Å². The Morgan fingerprint density at radius 2 is 1.75 bits per heavy atom. The van der Waals surface area contributed by atoms with Crippen molar-refractivity contribution in [3.05, 3.63) is 17.0 Å². The quantitative estimate of drug-likeness (QED) is 0.716. The first-order chi connectivity index (χ1) is 7.71. The molecule has 16 heavy (non-hydrogen) atoms. The summed E-state index contributed by atoms with van der Waals surface area (Å²) in [5, 5.41) is 0.541. The lowest BCUT2D eigenvalue weighted by Gasteiger charge is -2.22. The smallest absolute Gasteiger partial charge is 0.134 e. The van der Waals surface area contributed by atoms with E-state index in [-0.39, 0.29) is 0 Å². The topological polar surface area (TPSA) is 29.0 Å². The fourth-order valence-corrected chi connectivity index (χ4v) is 1.85. The lowest BCUT2D eigenvalue weighted by Crippen LogP contribution is -2.26. The van der Waals surface area contributed by atoms with Crippen molar-refractivity contribution in [2.24, 2.45) is 0 Å². The summed E-state index contributed by atoms with van der Waals surface area (Å²) in [4.78, 5) is 11.0. The van der Waals surface area contributed by atoms with Crippen LogP contribution < -0.4 is 4.90 Å². The molecular formula is C12H20ClN3. The van der Waals surface area contributed by atoms with Gasteiger partial charge >= 0.3 is 0 Å². The number of nitrogens with zero attached hydrogens (tertiary/aromatic N) is 3. The van der Waals surface area contributed by atoms with Crippen LogP contribution in [-0.2, 0) is 6.42 Å². The van der Waals surface area contributed by atoms with Gasteiger partial charge in [0.1, 0.15) is 16.8 Å². The van der Waals surface area contributed by atoms with Crippen molar-refractivity contribution in [2.45, 2.75) is 40.0 Å². The van der Waals surface area contributed by atoms with Crippen molar-refractivity contribution in [3.8, 4) is 0 Å². The second-order valence-corrected chi connectivity index (χ2v) is 4.19. The molecule has 0 atom stereocenters. The number of anilines is 1. The molecular weight excluding hydrogens is 222 g/mol. The van der Waals surface area contributed by atoms with E-state index in [0.717, 1.165) is 44.0 Å². The normalized spacial score (nSPS) is 10.5. The van der Waals surface area contributed by atoms with Gasteiger partial charge in [0.25, 0.3) is 0 Å². The number of halogens is 1. The fourth-order valence-electron chi connectivity index (χ4n) is 1.65. The van der Waals surface area contributed by atoms with Crippen LogP contribution >= 0.6 is 11.6 Å². The highest BCUT2D eigenvalue weighted by molar-refractivity contribution is 6.29.